The van der Waals surface area contributed by atoms with Gasteiger partial charge in [-0.25, -0.2) is 4.79 Å². The first kappa shape index (κ1) is 17.4. The number of hydrogen-bond acceptors (Lipinski definition) is 5. The van der Waals surface area contributed by atoms with E-state index < -0.39 is 17.9 Å². The highest BCUT2D eigenvalue weighted by molar-refractivity contribution is 9.10. The maximum Gasteiger partial charge on any atom is 0.355 e. The highest BCUT2D eigenvalue weighted by atomic mass is 79.9. The molecule has 2 atom stereocenters. The number of esters is 1. The van der Waals surface area contributed by atoms with E-state index in [1.54, 1.807) is 19.1 Å². The molecule has 2 aromatic rings. The van der Waals surface area contributed by atoms with Gasteiger partial charge in [-0.05, 0) is 24.6 Å². The van der Waals surface area contributed by atoms with Crippen LogP contribution in [0.3, 0.4) is 0 Å². The summed E-state index contributed by atoms with van der Waals surface area (Å²) >= 11 is 3.44. The Hall–Kier alpha value is -2.47. The van der Waals surface area contributed by atoms with Crippen LogP contribution in [0.2, 0.25) is 0 Å². The average molecular weight is 401 g/mol. The van der Waals surface area contributed by atoms with Crippen LogP contribution in [0, 0.1) is 0 Å². The zero-order valence-corrected chi connectivity index (χ0v) is 15.2. The number of carbonyl (C=O) groups excluding carboxylic acids is 2. The highest BCUT2D eigenvalue weighted by Gasteiger charge is 2.41. The fourth-order valence-corrected chi connectivity index (χ4v) is 3.28. The number of rotatable bonds is 5. The lowest BCUT2D eigenvalue weighted by atomic mass is 9.84. The van der Waals surface area contributed by atoms with E-state index in [0.29, 0.717) is 5.56 Å². The number of nitrogens with one attached hydrogen (secondary N) is 1. The molecule has 0 saturated heterocycles. The molecule has 0 amide bonds. The van der Waals surface area contributed by atoms with Crippen LogP contribution in [0.5, 0.6) is 0 Å². The topological polar surface area (TPSA) is 67.8 Å². The summed E-state index contributed by atoms with van der Waals surface area (Å²) in [7, 11) is 0. The summed E-state index contributed by atoms with van der Waals surface area (Å²) in [5, 5.41) is 4.13. The zero-order chi connectivity index (χ0) is 17.8. The van der Waals surface area contributed by atoms with Gasteiger partial charge in [0.25, 0.3) is 0 Å². The van der Waals surface area contributed by atoms with Gasteiger partial charge in [-0.2, -0.15) is 5.10 Å². The van der Waals surface area contributed by atoms with Crippen molar-refractivity contribution in [3.05, 3.63) is 70.2 Å². The SMILES string of the molecule is CCOC(=O)C1=NN[C@H](C(=O)c2ccccc2)[C@@H]1c1cccc(Br)c1. The normalized spacial score (nSPS) is 19.0. The molecule has 0 aromatic heterocycles. The van der Waals surface area contributed by atoms with E-state index >= 15 is 0 Å². The maximum atomic E-state index is 12.9. The van der Waals surface area contributed by atoms with Crippen LogP contribution in [-0.4, -0.2) is 30.1 Å². The van der Waals surface area contributed by atoms with Gasteiger partial charge in [0, 0.05) is 10.0 Å². The first-order valence-electron chi connectivity index (χ1n) is 7.96. The molecule has 0 aliphatic carbocycles. The molecule has 0 radical (unpaired) electrons. The number of ether oxygens (including phenoxy) is 1. The molecule has 0 saturated carbocycles. The Morgan fingerprint density at radius 1 is 1.16 bits per heavy atom. The van der Waals surface area contributed by atoms with Gasteiger partial charge < -0.3 is 4.74 Å². The Bertz CT molecular complexity index is 820. The monoisotopic (exact) mass is 400 g/mol. The standard InChI is InChI=1S/C19H17BrN2O3/c1-2-25-19(24)17-15(13-9-6-10-14(20)11-13)16(21-22-17)18(23)12-7-4-3-5-8-12/h3-11,15-16,21H,2H2,1H3/t15-,16-/m0/s1. The maximum absolute atomic E-state index is 12.9. The van der Waals surface area contributed by atoms with Crippen LogP contribution in [0.4, 0.5) is 0 Å². The van der Waals surface area contributed by atoms with Crippen molar-refractivity contribution in [3.63, 3.8) is 0 Å². The van der Waals surface area contributed by atoms with E-state index in [9.17, 15) is 9.59 Å². The smallest absolute Gasteiger partial charge is 0.355 e. The predicted octanol–water partition coefficient (Wildman–Crippen LogP) is 3.31. The fourth-order valence-electron chi connectivity index (χ4n) is 2.86. The van der Waals surface area contributed by atoms with Gasteiger partial charge in [0.2, 0.25) is 0 Å². The van der Waals surface area contributed by atoms with Gasteiger partial charge in [-0.3, -0.25) is 10.2 Å². The Kier molecular flexibility index (Phi) is 5.28. The van der Waals surface area contributed by atoms with Crippen molar-refractivity contribution in [2.24, 2.45) is 5.10 Å². The fraction of sp³-hybridized carbons (Fsp3) is 0.211. The third kappa shape index (κ3) is 3.64. The van der Waals surface area contributed by atoms with Gasteiger partial charge >= 0.3 is 5.97 Å². The van der Waals surface area contributed by atoms with Crippen molar-refractivity contribution in [2.45, 2.75) is 18.9 Å². The molecular weight excluding hydrogens is 384 g/mol. The van der Waals surface area contributed by atoms with E-state index in [-0.39, 0.29) is 18.1 Å². The summed E-state index contributed by atoms with van der Waals surface area (Å²) in [4.78, 5) is 25.2. The first-order chi connectivity index (χ1) is 12.1. The minimum absolute atomic E-state index is 0.117. The molecule has 0 fully saturated rings. The van der Waals surface area contributed by atoms with Crippen molar-refractivity contribution < 1.29 is 14.3 Å². The third-order valence-electron chi connectivity index (χ3n) is 3.99. The summed E-state index contributed by atoms with van der Waals surface area (Å²) in [6.07, 6.45) is 0. The van der Waals surface area contributed by atoms with E-state index in [0.717, 1.165) is 10.0 Å². The lowest BCUT2D eigenvalue weighted by Crippen LogP contribution is -2.37. The number of Topliss-reactive ketones (excluding diaryl/α,β-unsaturated/α-hetero) is 1. The van der Waals surface area contributed by atoms with Crippen LogP contribution in [-0.2, 0) is 9.53 Å². The molecule has 5 nitrogen and oxygen atoms in total. The molecule has 0 bridgehead atoms. The van der Waals surface area contributed by atoms with Crippen LogP contribution in [0.1, 0.15) is 28.8 Å². The number of carbonyl (C=O) groups is 2. The minimum atomic E-state index is -0.656. The predicted molar refractivity (Wildman–Crippen MR) is 98.6 cm³/mol. The molecule has 128 valence electrons. The van der Waals surface area contributed by atoms with Crippen LogP contribution in [0.15, 0.2) is 64.2 Å². The second-order valence-electron chi connectivity index (χ2n) is 5.59. The molecule has 1 aliphatic heterocycles. The second kappa shape index (κ2) is 7.61. The number of benzene rings is 2. The summed E-state index contributed by atoms with van der Waals surface area (Å²) < 4.78 is 5.98. The first-order valence-corrected chi connectivity index (χ1v) is 8.76. The van der Waals surface area contributed by atoms with Crippen molar-refractivity contribution in [1.29, 1.82) is 0 Å². The Morgan fingerprint density at radius 3 is 2.60 bits per heavy atom. The number of nitrogens with zero attached hydrogens (tertiary/aromatic N) is 1. The summed E-state index contributed by atoms with van der Waals surface area (Å²) in [6.45, 7) is 1.99. The number of halogens is 1. The molecule has 1 aliphatic rings. The molecule has 25 heavy (non-hydrogen) atoms. The molecule has 2 aromatic carbocycles. The number of hydrazone groups is 1. The summed E-state index contributed by atoms with van der Waals surface area (Å²) in [6, 6.07) is 15.8. The van der Waals surface area contributed by atoms with Gasteiger partial charge in [-0.1, -0.05) is 58.4 Å². The van der Waals surface area contributed by atoms with Crippen molar-refractivity contribution in [1.82, 2.24) is 5.43 Å². The molecular formula is C19H17BrN2O3. The van der Waals surface area contributed by atoms with E-state index in [2.05, 4.69) is 26.5 Å². The molecule has 1 heterocycles. The third-order valence-corrected chi connectivity index (χ3v) is 4.48. The van der Waals surface area contributed by atoms with Crippen LogP contribution in [0.25, 0.3) is 0 Å². The Labute approximate surface area is 154 Å². The van der Waals surface area contributed by atoms with E-state index in [1.807, 2.05) is 42.5 Å². The van der Waals surface area contributed by atoms with Crippen molar-refractivity contribution in [2.75, 3.05) is 6.61 Å². The largest absolute Gasteiger partial charge is 0.461 e. The highest BCUT2D eigenvalue weighted by Crippen LogP contribution is 2.30. The molecule has 6 heteroatoms. The van der Waals surface area contributed by atoms with Gasteiger partial charge in [0.15, 0.2) is 11.5 Å². The minimum Gasteiger partial charge on any atom is -0.461 e. The number of ketones is 1. The second-order valence-corrected chi connectivity index (χ2v) is 6.50. The lowest BCUT2D eigenvalue weighted by molar-refractivity contribution is -0.135. The zero-order valence-electron chi connectivity index (χ0n) is 13.6. The van der Waals surface area contributed by atoms with E-state index in [4.69, 9.17) is 4.74 Å². The Balaban J connectivity index is 1.98. The average Bonchev–Trinajstić information content (AvgIpc) is 3.07. The molecule has 1 N–H and O–H groups in total. The lowest BCUT2D eigenvalue weighted by Gasteiger charge is -2.20. The molecule has 0 spiro atoms. The van der Waals surface area contributed by atoms with E-state index in [1.165, 1.54) is 0 Å². The van der Waals surface area contributed by atoms with Crippen molar-refractivity contribution in [3.8, 4) is 0 Å². The Morgan fingerprint density at radius 2 is 1.92 bits per heavy atom. The summed E-state index contributed by atoms with van der Waals surface area (Å²) in [5.74, 6) is -1.14. The van der Waals surface area contributed by atoms with Crippen LogP contribution >= 0.6 is 15.9 Å². The molecule has 0 unspecified atom stereocenters. The quantitative estimate of drug-likeness (QED) is 0.617. The van der Waals surface area contributed by atoms with Gasteiger partial charge in [0.05, 0.1) is 12.5 Å². The molecule has 3 rings (SSSR count). The summed E-state index contributed by atoms with van der Waals surface area (Å²) in [5.41, 5.74) is 4.44. The van der Waals surface area contributed by atoms with Crippen molar-refractivity contribution >= 4 is 33.4 Å². The van der Waals surface area contributed by atoms with Gasteiger partial charge in [0.1, 0.15) is 6.04 Å². The van der Waals surface area contributed by atoms with Crippen LogP contribution < -0.4 is 5.43 Å². The van der Waals surface area contributed by atoms with Gasteiger partial charge in [-0.15, -0.1) is 0 Å². The number of hydrogen-bond donors (Lipinski definition) is 1.